The highest BCUT2D eigenvalue weighted by Crippen LogP contribution is 2.54. The minimum atomic E-state index is 0.115. The van der Waals surface area contributed by atoms with Crippen LogP contribution in [0.5, 0.6) is 0 Å². The number of hydrogen-bond acceptors (Lipinski definition) is 4. The Labute approximate surface area is 132 Å². The summed E-state index contributed by atoms with van der Waals surface area (Å²) in [5.41, 5.74) is 3.81. The van der Waals surface area contributed by atoms with Crippen molar-refractivity contribution in [3.8, 4) is 17.3 Å². The SMILES string of the molecule is N#Cc1ccc(-c2csc(C3(c4ccccc4)CC3)n2)cn1. The van der Waals surface area contributed by atoms with E-state index < -0.39 is 0 Å². The lowest BCUT2D eigenvalue weighted by atomic mass is 9.97. The fourth-order valence-corrected chi connectivity index (χ4v) is 3.86. The molecule has 0 atom stereocenters. The molecule has 4 rings (SSSR count). The minimum Gasteiger partial charge on any atom is -0.245 e. The van der Waals surface area contributed by atoms with Gasteiger partial charge >= 0.3 is 0 Å². The molecule has 0 bridgehead atoms. The van der Waals surface area contributed by atoms with E-state index in [1.54, 1.807) is 23.6 Å². The molecule has 4 heteroatoms. The molecule has 1 fully saturated rings. The summed E-state index contributed by atoms with van der Waals surface area (Å²) in [6.07, 6.45) is 4.05. The number of nitrogens with zero attached hydrogens (tertiary/aromatic N) is 3. The zero-order valence-electron chi connectivity index (χ0n) is 11.9. The average Bonchev–Trinajstić information content (AvgIpc) is 3.26. The Kier molecular flexibility index (Phi) is 3.02. The van der Waals surface area contributed by atoms with Crippen LogP contribution < -0.4 is 0 Å². The first kappa shape index (κ1) is 13.2. The molecule has 1 aromatic carbocycles. The van der Waals surface area contributed by atoms with Crippen molar-refractivity contribution >= 4 is 11.3 Å². The Bertz CT molecular complexity index is 840. The van der Waals surface area contributed by atoms with Crippen LogP contribution in [-0.4, -0.2) is 9.97 Å². The Morgan fingerprint density at radius 1 is 1.09 bits per heavy atom. The van der Waals surface area contributed by atoms with Crippen molar-refractivity contribution in [2.45, 2.75) is 18.3 Å². The summed E-state index contributed by atoms with van der Waals surface area (Å²) in [5, 5.41) is 12.1. The van der Waals surface area contributed by atoms with Gasteiger partial charge in [0.1, 0.15) is 16.8 Å². The molecule has 0 saturated heterocycles. The summed E-state index contributed by atoms with van der Waals surface area (Å²) in [6.45, 7) is 0. The lowest BCUT2D eigenvalue weighted by Crippen LogP contribution is -2.07. The third-order valence-corrected chi connectivity index (χ3v) is 5.21. The molecule has 3 aromatic rings. The topological polar surface area (TPSA) is 49.6 Å². The quantitative estimate of drug-likeness (QED) is 0.730. The van der Waals surface area contributed by atoms with Gasteiger partial charge in [-0.3, -0.25) is 0 Å². The van der Waals surface area contributed by atoms with Gasteiger partial charge in [0.2, 0.25) is 0 Å². The lowest BCUT2D eigenvalue weighted by molar-refractivity contribution is 0.834. The Morgan fingerprint density at radius 2 is 1.91 bits per heavy atom. The number of thiazole rings is 1. The molecule has 22 heavy (non-hydrogen) atoms. The van der Waals surface area contributed by atoms with Crippen LogP contribution in [0.2, 0.25) is 0 Å². The molecule has 0 aliphatic heterocycles. The van der Waals surface area contributed by atoms with Crippen LogP contribution in [0.25, 0.3) is 11.3 Å². The van der Waals surface area contributed by atoms with Crippen molar-refractivity contribution in [3.05, 3.63) is 70.3 Å². The van der Waals surface area contributed by atoms with E-state index in [1.165, 1.54) is 10.6 Å². The molecule has 1 aliphatic rings. The number of nitriles is 1. The second-order valence-electron chi connectivity index (χ2n) is 5.53. The van der Waals surface area contributed by atoms with Gasteiger partial charge in [-0.2, -0.15) is 5.26 Å². The van der Waals surface area contributed by atoms with Gasteiger partial charge in [0.05, 0.1) is 5.69 Å². The Hall–Kier alpha value is -2.51. The molecule has 1 aliphatic carbocycles. The van der Waals surface area contributed by atoms with Gasteiger partial charge in [0, 0.05) is 22.6 Å². The van der Waals surface area contributed by atoms with Crippen molar-refractivity contribution in [1.29, 1.82) is 5.26 Å². The van der Waals surface area contributed by atoms with E-state index in [9.17, 15) is 0 Å². The number of aromatic nitrogens is 2. The molecule has 0 radical (unpaired) electrons. The maximum absolute atomic E-state index is 8.82. The van der Waals surface area contributed by atoms with E-state index in [2.05, 4.69) is 40.7 Å². The summed E-state index contributed by atoms with van der Waals surface area (Å²) in [4.78, 5) is 8.96. The van der Waals surface area contributed by atoms with E-state index in [0.717, 1.165) is 24.1 Å². The first-order valence-corrected chi connectivity index (χ1v) is 8.08. The number of benzene rings is 1. The van der Waals surface area contributed by atoms with E-state index in [1.807, 2.05) is 12.1 Å². The van der Waals surface area contributed by atoms with E-state index in [0.29, 0.717) is 5.69 Å². The largest absolute Gasteiger partial charge is 0.245 e. The second-order valence-corrected chi connectivity index (χ2v) is 6.39. The first-order chi connectivity index (χ1) is 10.8. The monoisotopic (exact) mass is 303 g/mol. The summed E-state index contributed by atoms with van der Waals surface area (Å²) < 4.78 is 0. The maximum Gasteiger partial charge on any atom is 0.140 e. The normalized spacial score (nSPS) is 15.2. The maximum atomic E-state index is 8.82. The predicted octanol–water partition coefficient (Wildman–Crippen LogP) is 4.16. The van der Waals surface area contributed by atoms with Crippen LogP contribution >= 0.6 is 11.3 Å². The van der Waals surface area contributed by atoms with Crippen LogP contribution in [0.15, 0.2) is 54.0 Å². The van der Waals surface area contributed by atoms with Crippen LogP contribution in [0.3, 0.4) is 0 Å². The Balaban J connectivity index is 1.68. The van der Waals surface area contributed by atoms with E-state index >= 15 is 0 Å². The van der Waals surface area contributed by atoms with Gasteiger partial charge in [0.25, 0.3) is 0 Å². The van der Waals surface area contributed by atoms with Crippen LogP contribution in [0, 0.1) is 11.3 Å². The zero-order chi connectivity index (χ0) is 15.0. The molecule has 0 N–H and O–H groups in total. The highest BCUT2D eigenvalue weighted by Gasteiger charge is 2.48. The minimum absolute atomic E-state index is 0.115. The molecule has 0 amide bonds. The number of pyridine rings is 1. The van der Waals surface area contributed by atoms with Crippen LogP contribution in [0.4, 0.5) is 0 Å². The van der Waals surface area contributed by atoms with E-state index in [-0.39, 0.29) is 5.41 Å². The molecule has 0 spiro atoms. The van der Waals surface area contributed by atoms with Gasteiger partial charge in [-0.05, 0) is 30.5 Å². The van der Waals surface area contributed by atoms with Crippen molar-refractivity contribution < 1.29 is 0 Å². The summed E-state index contributed by atoms with van der Waals surface area (Å²) >= 11 is 1.71. The van der Waals surface area contributed by atoms with Gasteiger partial charge in [0.15, 0.2) is 0 Å². The molecule has 2 heterocycles. The molecule has 0 unspecified atom stereocenters. The van der Waals surface area contributed by atoms with Crippen LogP contribution in [-0.2, 0) is 5.41 Å². The highest BCUT2D eigenvalue weighted by atomic mass is 32.1. The molecular formula is C18H13N3S. The lowest BCUT2D eigenvalue weighted by Gasteiger charge is -2.12. The zero-order valence-corrected chi connectivity index (χ0v) is 12.7. The molecule has 2 aromatic heterocycles. The standard InChI is InChI=1S/C18H13N3S/c19-10-15-7-6-13(11-20-15)16-12-22-17(21-16)18(8-9-18)14-4-2-1-3-5-14/h1-7,11-12H,8-9H2. The third kappa shape index (κ3) is 2.11. The van der Waals surface area contributed by atoms with Crippen molar-refractivity contribution in [3.63, 3.8) is 0 Å². The number of hydrogen-bond donors (Lipinski definition) is 0. The van der Waals surface area contributed by atoms with Crippen molar-refractivity contribution in [2.24, 2.45) is 0 Å². The van der Waals surface area contributed by atoms with Gasteiger partial charge < -0.3 is 0 Å². The average molecular weight is 303 g/mol. The molecule has 1 saturated carbocycles. The first-order valence-electron chi connectivity index (χ1n) is 7.20. The summed E-state index contributed by atoms with van der Waals surface area (Å²) in [6, 6.07) is 16.3. The molecular weight excluding hydrogens is 290 g/mol. The smallest absolute Gasteiger partial charge is 0.140 e. The number of rotatable bonds is 3. The highest BCUT2D eigenvalue weighted by molar-refractivity contribution is 7.10. The van der Waals surface area contributed by atoms with E-state index in [4.69, 9.17) is 10.2 Å². The van der Waals surface area contributed by atoms with Crippen LogP contribution in [0.1, 0.15) is 29.1 Å². The predicted molar refractivity (Wildman–Crippen MR) is 86.5 cm³/mol. The fourth-order valence-electron chi connectivity index (χ4n) is 2.75. The van der Waals surface area contributed by atoms with Gasteiger partial charge in [-0.1, -0.05) is 30.3 Å². The summed E-state index contributed by atoms with van der Waals surface area (Å²) in [7, 11) is 0. The van der Waals surface area contributed by atoms with Gasteiger partial charge in [-0.25, -0.2) is 9.97 Å². The molecule has 3 nitrogen and oxygen atoms in total. The Morgan fingerprint density at radius 3 is 2.55 bits per heavy atom. The van der Waals surface area contributed by atoms with Gasteiger partial charge in [-0.15, -0.1) is 11.3 Å². The third-order valence-electron chi connectivity index (χ3n) is 4.16. The molecule has 106 valence electrons. The van der Waals surface area contributed by atoms with Crippen molar-refractivity contribution in [2.75, 3.05) is 0 Å². The van der Waals surface area contributed by atoms with Crippen molar-refractivity contribution in [1.82, 2.24) is 9.97 Å². The summed E-state index contributed by atoms with van der Waals surface area (Å²) in [5.74, 6) is 0. The second kappa shape index (κ2) is 5.04. The fraction of sp³-hybridized carbons (Fsp3) is 0.167.